The van der Waals surface area contributed by atoms with Gasteiger partial charge in [-0.3, -0.25) is 14.4 Å². The fraction of sp³-hybridized carbons (Fsp3) is 0.516. The zero-order valence-electron chi connectivity index (χ0n) is 47.7. The zero-order valence-corrected chi connectivity index (χ0v) is 47.7. The summed E-state index contributed by atoms with van der Waals surface area (Å²) in [5, 5.41) is 18.9. The molecule has 420 valence electrons. The van der Waals surface area contributed by atoms with Crippen molar-refractivity contribution in [3.05, 3.63) is 150 Å². The first-order chi connectivity index (χ1) is 37.2. The van der Waals surface area contributed by atoms with Crippen LogP contribution in [0.1, 0.15) is 170 Å². The summed E-state index contributed by atoms with van der Waals surface area (Å²) in [6.45, 7) is 14.3. The van der Waals surface area contributed by atoms with Gasteiger partial charge in [0.05, 0.1) is 29.5 Å². The highest BCUT2D eigenvalue weighted by Crippen LogP contribution is 2.47. The Kier molecular flexibility index (Phi) is 20.2. The molecule has 0 saturated heterocycles. The SMILES string of the molecule is CCC1CC2CC(CC(C)(C)C(=O)OCCCO)c3cc[n+](cc3)Oc3ccc(cc3)C(CC)CC(CC(C)(CC(C)(C)C(=O)OCCCO)C(=O)OCC[N+](C)(C)Oc3ccc1cc3)c1cc[n+](cc1)Oc1ccc2cc1. The summed E-state index contributed by atoms with van der Waals surface area (Å²) >= 11 is 0. The van der Waals surface area contributed by atoms with E-state index in [-0.39, 0.29) is 79.7 Å². The number of nitrogens with zero attached hydrogens (tertiary/aromatic N) is 3. The lowest BCUT2D eigenvalue weighted by Crippen LogP contribution is -2.46. The van der Waals surface area contributed by atoms with E-state index in [9.17, 15) is 24.6 Å². The highest BCUT2D eigenvalue weighted by molar-refractivity contribution is 5.80. The summed E-state index contributed by atoms with van der Waals surface area (Å²) in [5.74, 6) is 0.914. The Hall–Kier alpha value is -6.35. The van der Waals surface area contributed by atoms with Crippen LogP contribution in [0.5, 0.6) is 17.2 Å². The number of aromatic nitrogens is 2. The van der Waals surface area contributed by atoms with Crippen LogP contribution in [-0.4, -0.2) is 86.4 Å². The van der Waals surface area contributed by atoms with E-state index < -0.39 is 28.2 Å². The molecule has 13 heterocycles. The number of aliphatic hydroxyl groups is 2. The van der Waals surface area contributed by atoms with Crippen LogP contribution in [0.2, 0.25) is 0 Å². The molecule has 6 atom stereocenters. The minimum Gasteiger partial charge on any atom is -0.465 e. The number of hydroxylamine groups is 3. The van der Waals surface area contributed by atoms with Gasteiger partial charge in [-0.2, -0.15) is 0 Å². The molecular formula is C64H86N3O11+3. The minimum absolute atomic E-state index is 0.0514. The lowest BCUT2D eigenvalue weighted by Gasteiger charge is -2.38. The van der Waals surface area contributed by atoms with E-state index in [1.807, 2.05) is 110 Å². The summed E-state index contributed by atoms with van der Waals surface area (Å²) in [5.41, 5.74) is 2.47. The lowest BCUT2D eigenvalue weighted by atomic mass is 9.67. The molecule has 0 saturated carbocycles. The van der Waals surface area contributed by atoms with Gasteiger partial charge in [-0.25, -0.2) is 9.68 Å². The molecule has 3 aromatic carbocycles. The van der Waals surface area contributed by atoms with Gasteiger partial charge < -0.3 is 29.3 Å². The number of pyridine rings is 2. The molecule has 2 N–H and O–H groups in total. The average Bonchev–Trinajstić information content (AvgIpc) is 3.43. The Bertz CT molecular complexity index is 2710. The van der Waals surface area contributed by atoms with Gasteiger partial charge >= 0.3 is 17.9 Å². The minimum atomic E-state index is -1.16. The molecular weight excluding hydrogens is 987 g/mol. The van der Waals surface area contributed by atoms with E-state index in [2.05, 4.69) is 74.5 Å². The summed E-state index contributed by atoms with van der Waals surface area (Å²) in [7, 11) is 3.88. The Morgan fingerprint density at radius 1 is 0.615 bits per heavy atom. The monoisotopic (exact) mass is 1070 g/mol. The molecule has 11 aliphatic rings. The van der Waals surface area contributed by atoms with Crippen LogP contribution in [-0.2, 0) is 28.6 Å². The Labute approximate surface area is 462 Å². The molecule has 14 heteroatoms. The molecule has 78 heavy (non-hydrogen) atoms. The molecule has 0 fully saturated rings. The molecule has 12 bridgehead atoms. The van der Waals surface area contributed by atoms with Crippen LogP contribution in [0, 0.1) is 16.2 Å². The van der Waals surface area contributed by atoms with Crippen molar-refractivity contribution in [2.75, 3.05) is 53.7 Å². The van der Waals surface area contributed by atoms with E-state index >= 15 is 0 Å². The van der Waals surface area contributed by atoms with Crippen LogP contribution in [0.3, 0.4) is 0 Å². The number of hydrogen-bond donors (Lipinski definition) is 2. The average molecular weight is 1070 g/mol. The van der Waals surface area contributed by atoms with E-state index in [0.717, 1.165) is 47.9 Å². The quantitative estimate of drug-likeness (QED) is 0.0359. The molecule has 11 aliphatic heterocycles. The Morgan fingerprint density at radius 2 is 1.04 bits per heavy atom. The molecule has 5 aromatic rings. The van der Waals surface area contributed by atoms with E-state index in [1.54, 1.807) is 9.46 Å². The van der Waals surface area contributed by atoms with Crippen LogP contribution >= 0.6 is 0 Å². The summed E-state index contributed by atoms with van der Waals surface area (Å²) < 4.78 is 21.2. The molecule has 0 spiro atoms. The number of hydrogen-bond acceptors (Lipinski definition) is 11. The van der Waals surface area contributed by atoms with E-state index in [1.165, 1.54) is 5.56 Å². The van der Waals surface area contributed by atoms with Crippen molar-refractivity contribution in [2.24, 2.45) is 16.2 Å². The van der Waals surface area contributed by atoms with Crippen molar-refractivity contribution in [3.8, 4) is 17.2 Å². The third-order valence-corrected chi connectivity index (χ3v) is 15.9. The second-order valence-electron chi connectivity index (χ2n) is 23.7. The molecule has 0 radical (unpaired) electrons. The molecule has 14 nitrogen and oxygen atoms in total. The molecule has 2 aromatic heterocycles. The van der Waals surface area contributed by atoms with Gasteiger partial charge in [0.15, 0.2) is 12.3 Å². The Balaban J connectivity index is 1.37. The number of carbonyl (C=O) groups is 3. The first kappa shape index (κ1) is 59.3. The van der Waals surface area contributed by atoms with Crippen molar-refractivity contribution in [1.82, 2.24) is 0 Å². The number of aliphatic hydroxyl groups excluding tert-OH is 2. The maximum Gasteiger partial charge on any atom is 0.312 e. The summed E-state index contributed by atoms with van der Waals surface area (Å²) in [6.07, 6.45) is 13.3. The van der Waals surface area contributed by atoms with Crippen molar-refractivity contribution in [2.45, 2.75) is 142 Å². The van der Waals surface area contributed by atoms with Gasteiger partial charge in [0.2, 0.25) is 36.3 Å². The van der Waals surface area contributed by atoms with Crippen molar-refractivity contribution < 1.29 is 67.4 Å². The zero-order chi connectivity index (χ0) is 56.1. The largest absolute Gasteiger partial charge is 0.465 e. The first-order valence-corrected chi connectivity index (χ1v) is 28.2. The molecule has 0 amide bonds. The Morgan fingerprint density at radius 3 is 1.54 bits per heavy atom. The maximum absolute atomic E-state index is 14.9. The smallest absolute Gasteiger partial charge is 0.312 e. The predicted molar refractivity (Wildman–Crippen MR) is 296 cm³/mol. The third kappa shape index (κ3) is 15.9. The van der Waals surface area contributed by atoms with Crippen molar-refractivity contribution >= 4 is 17.9 Å². The lowest BCUT2D eigenvalue weighted by molar-refractivity contribution is -1.05. The summed E-state index contributed by atoms with van der Waals surface area (Å²) in [4.78, 5) is 62.1. The second-order valence-corrected chi connectivity index (χ2v) is 23.7. The van der Waals surface area contributed by atoms with Crippen molar-refractivity contribution in [3.63, 3.8) is 0 Å². The van der Waals surface area contributed by atoms with Crippen LogP contribution in [0.4, 0.5) is 0 Å². The fourth-order valence-corrected chi connectivity index (χ4v) is 11.5. The predicted octanol–water partition coefficient (Wildman–Crippen LogP) is 10.8. The van der Waals surface area contributed by atoms with Crippen LogP contribution in [0.15, 0.2) is 122 Å². The van der Waals surface area contributed by atoms with Gasteiger partial charge in [-0.15, -0.1) is 4.65 Å². The first-order valence-electron chi connectivity index (χ1n) is 28.2. The van der Waals surface area contributed by atoms with E-state index in [4.69, 9.17) is 28.7 Å². The van der Waals surface area contributed by atoms with Crippen LogP contribution in [0.25, 0.3) is 0 Å². The third-order valence-electron chi connectivity index (χ3n) is 15.9. The topological polar surface area (TPSA) is 155 Å². The highest BCUT2D eigenvalue weighted by atomic mass is 16.7. The van der Waals surface area contributed by atoms with Crippen LogP contribution < -0.4 is 24.0 Å². The van der Waals surface area contributed by atoms with Crippen molar-refractivity contribution in [1.29, 1.82) is 0 Å². The normalized spacial score (nSPS) is 22.0. The fourth-order valence-electron chi connectivity index (χ4n) is 11.5. The maximum atomic E-state index is 14.9. The number of quaternary nitrogens is 1. The standard InChI is InChI=1S/C64H86N3O11/c1-10-46-40-53-42-54(43-62(3,4)59(70)73-37-12-35-68)51-26-30-65(31-27-51)76-56-20-14-48(15-21-56)47(11-2)41-55(52-28-32-66(33-29-52)77-57-22-16-50(53)17-23-57)44-64(7,45-63(5,6)60(71)74-38-13-36-69)61(72)75-39-34-67(8,9)78-58-24-18-49(46)19-25-58/h14-33,46-47,53-55,68-69H,10-13,34-45H2,1-9H3/q+3. The second kappa shape index (κ2) is 26.5. The summed E-state index contributed by atoms with van der Waals surface area (Å²) in [6, 6.07) is 33.2. The number of carbonyl (C=O) groups excluding carboxylic acids is 3. The number of rotatable bonds is 14. The van der Waals surface area contributed by atoms with E-state index in [0.29, 0.717) is 55.9 Å². The van der Waals surface area contributed by atoms with Gasteiger partial charge in [0.25, 0.3) is 0 Å². The molecule has 6 unspecified atom stereocenters. The number of likely N-dealkylation sites (N-methyl/N-ethyl adjacent to an activating group) is 1. The highest BCUT2D eigenvalue weighted by Gasteiger charge is 2.46. The number of benzene rings is 3. The molecule has 0 aliphatic carbocycles. The van der Waals surface area contributed by atoms with Gasteiger partial charge in [-0.1, -0.05) is 50.2 Å². The number of ether oxygens (including phenoxy) is 3. The van der Waals surface area contributed by atoms with Gasteiger partial charge in [0, 0.05) is 59.8 Å². The molecule has 16 rings (SSSR count). The van der Waals surface area contributed by atoms with Gasteiger partial charge in [0.1, 0.15) is 20.7 Å². The van der Waals surface area contributed by atoms with Gasteiger partial charge in [-0.05, 0) is 180 Å². The number of esters is 3.